The van der Waals surface area contributed by atoms with Crippen LogP contribution in [-0.2, 0) is 38.5 Å². The number of carbonyl (C=O) groups excluding carboxylic acids is 3. The fraction of sp³-hybridized carbons (Fsp3) is 0.564. The molecule has 0 spiro atoms. The normalized spacial score (nSPS) is 33.9. The van der Waals surface area contributed by atoms with Crippen molar-refractivity contribution in [3.63, 3.8) is 0 Å². The van der Waals surface area contributed by atoms with Crippen molar-refractivity contribution in [3.05, 3.63) is 71.4 Å². The highest BCUT2D eigenvalue weighted by Gasteiger charge is 2.69. The van der Waals surface area contributed by atoms with Crippen molar-refractivity contribution in [2.45, 2.75) is 108 Å². The third-order valence-electron chi connectivity index (χ3n) is 12.3. The van der Waals surface area contributed by atoms with Crippen LogP contribution in [0.5, 0.6) is 0 Å². The predicted molar refractivity (Wildman–Crippen MR) is 182 cm³/mol. The number of hydrogen-bond donors (Lipinski definition) is 2. The van der Waals surface area contributed by atoms with E-state index in [1.165, 1.54) is 26.9 Å². The van der Waals surface area contributed by atoms with Gasteiger partial charge in [-0.05, 0) is 86.5 Å². The largest absolute Gasteiger partial charge is 0.352 e. The van der Waals surface area contributed by atoms with Crippen molar-refractivity contribution in [2.24, 2.45) is 17.8 Å². The van der Waals surface area contributed by atoms with Gasteiger partial charge in [-0.1, -0.05) is 62.2 Å². The molecular formula is C39H48N4O5. The van der Waals surface area contributed by atoms with Crippen LogP contribution in [0.15, 0.2) is 54.7 Å². The molecule has 9 heteroatoms. The van der Waals surface area contributed by atoms with Gasteiger partial charge in [-0.15, -0.1) is 0 Å². The third-order valence-corrected chi connectivity index (χ3v) is 12.3. The Bertz CT molecular complexity index is 1760. The molecule has 2 aromatic carbocycles. The van der Waals surface area contributed by atoms with E-state index >= 15 is 0 Å². The zero-order valence-electron chi connectivity index (χ0n) is 28.4. The van der Waals surface area contributed by atoms with E-state index in [4.69, 9.17) is 4.74 Å². The highest BCUT2D eigenvalue weighted by atomic mass is 16.7. The van der Waals surface area contributed by atoms with Gasteiger partial charge < -0.3 is 24.6 Å². The fourth-order valence-electron chi connectivity index (χ4n) is 10.1. The Morgan fingerprint density at radius 3 is 2.67 bits per heavy atom. The van der Waals surface area contributed by atoms with Crippen LogP contribution >= 0.6 is 0 Å². The van der Waals surface area contributed by atoms with Crippen LogP contribution in [0, 0.1) is 17.8 Å². The molecule has 2 aliphatic carbocycles. The Balaban J connectivity index is 1.04. The number of aryl methyl sites for hydroxylation is 1. The second kappa shape index (κ2) is 11.7. The molecule has 1 saturated carbocycles. The summed E-state index contributed by atoms with van der Waals surface area (Å²) >= 11 is 0. The van der Waals surface area contributed by atoms with Crippen LogP contribution in [-0.4, -0.2) is 73.9 Å². The number of piperazine rings is 1. The number of benzene rings is 2. The highest BCUT2D eigenvalue weighted by Crippen LogP contribution is 2.53. The van der Waals surface area contributed by atoms with E-state index in [-0.39, 0.29) is 30.7 Å². The maximum Gasteiger partial charge on any atom is 0.274 e. The molecule has 3 aromatic rings. The van der Waals surface area contributed by atoms with Gasteiger partial charge in [0.1, 0.15) is 12.1 Å². The molecule has 48 heavy (non-hydrogen) atoms. The Morgan fingerprint density at radius 2 is 1.90 bits per heavy atom. The van der Waals surface area contributed by atoms with Crippen molar-refractivity contribution in [3.8, 4) is 0 Å². The van der Waals surface area contributed by atoms with Crippen LogP contribution in [0.1, 0.15) is 81.9 Å². The van der Waals surface area contributed by atoms with Gasteiger partial charge in [-0.2, -0.15) is 0 Å². The monoisotopic (exact) mass is 652 g/mol. The van der Waals surface area contributed by atoms with Crippen LogP contribution in [0.4, 0.5) is 0 Å². The van der Waals surface area contributed by atoms with Gasteiger partial charge >= 0.3 is 0 Å². The van der Waals surface area contributed by atoms with Crippen molar-refractivity contribution in [2.75, 3.05) is 13.1 Å². The van der Waals surface area contributed by atoms with Gasteiger partial charge in [-0.25, -0.2) is 0 Å². The first kappa shape index (κ1) is 31.6. The summed E-state index contributed by atoms with van der Waals surface area (Å²) in [5.74, 6) is -1.55. The minimum Gasteiger partial charge on any atom is -0.352 e. The molecule has 1 aromatic heterocycles. The van der Waals surface area contributed by atoms with E-state index in [9.17, 15) is 19.5 Å². The van der Waals surface area contributed by atoms with E-state index in [1.807, 2.05) is 30.3 Å². The minimum absolute atomic E-state index is 0.0625. The Hall–Kier alpha value is -3.69. The lowest BCUT2D eigenvalue weighted by Gasteiger charge is -2.49. The molecule has 3 amide bonds. The summed E-state index contributed by atoms with van der Waals surface area (Å²) in [4.78, 5) is 45.1. The van der Waals surface area contributed by atoms with E-state index in [0.717, 1.165) is 50.6 Å². The summed E-state index contributed by atoms with van der Waals surface area (Å²) in [5.41, 5.74) is 3.50. The summed E-state index contributed by atoms with van der Waals surface area (Å²) in [6, 6.07) is 14.7. The number of nitrogens with one attached hydrogen (secondary N) is 1. The molecule has 4 heterocycles. The molecule has 2 N–H and O–H groups in total. The second-order valence-electron chi connectivity index (χ2n) is 15.2. The summed E-state index contributed by atoms with van der Waals surface area (Å²) in [6.07, 6.45) is 8.72. The summed E-state index contributed by atoms with van der Waals surface area (Å²) in [5, 5.41) is 16.6. The van der Waals surface area contributed by atoms with Gasteiger partial charge in [0, 0.05) is 42.5 Å². The van der Waals surface area contributed by atoms with Crippen LogP contribution in [0.2, 0.25) is 0 Å². The van der Waals surface area contributed by atoms with Gasteiger partial charge in [0.2, 0.25) is 11.8 Å². The SMILES string of the molecule is CCCC1CC(C(=O)NCC2(C)OC3(O)C4CCCN4C(=O)C(Cc4ccccc4)N3C2=O)CC2c3cccc4c3c(cn4CC)CC12. The van der Waals surface area contributed by atoms with E-state index in [0.29, 0.717) is 30.7 Å². The number of amides is 3. The number of carbonyl (C=O) groups is 3. The van der Waals surface area contributed by atoms with Crippen LogP contribution < -0.4 is 5.32 Å². The Kier molecular flexibility index (Phi) is 7.71. The van der Waals surface area contributed by atoms with Gasteiger partial charge in [0.25, 0.3) is 11.8 Å². The molecule has 3 saturated heterocycles. The molecule has 0 radical (unpaired) electrons. The predicted octanol–water partition coefficient (Wildman–Crippen LogP) is 4.74. The van der Waals surface area contributed by atoms with Crippen LogP contribution in [0.25, 0.3) is 10.9 Å². The highest BCUT2D eigenvalue weighted by molar-refractivity contribution is 5.96. The molecule has 0 bridgehead atoms. The average Bonchev–Trinajstić information content (AvgIpc) is 3.78. The average molecular weight is 653 g/mol. The lowest BCUT2D eigenvalue weighted by atomic mass is 9.60. The quantitative estimate of drug-likeness (QED) is 0.366. The molecule has 8 atom stereocenters. The van der Waals surface area contributed by atoms with E-state index in [2.05, 4.69) is 48.1 Å². The first-order valence-electron chi connectivity index (χ1n) is 18.2. The summed E-state index contributed by atoms with van der Waals surface area (Å²) < 4.78 is 8.73. The number of rotatable bonds is 8. The zero-order chi connectivity index (χ0) is 33.4. The lowest BCUT2D eigenvalue weighted by molar-refractivity contribution is -0.312. The van der Waals surface area contributed by atoms with Crippen molar-refractivity contribution < 1.29 is 24.2 Å². The summed E-state index contributed by atoms with van der Waals surface area (Å²) in [7, 11) is 0. The molecule has 8 rings (SSSR count). The standard InChI is InChI=1S/C39H48N4O5/c1-4-11-25-19-26(20-30-28-14-9-15-31-34(28)27(21-29(25)30)22-41(31)5-2)35(44)40-23-38(3)37(46)43-32(18-24-12-7-6-8-13-24)36(45)42-17-10-16-33(42)39(43,47)48-38/h6-9,12-15,22,25-26,29-30,32-33,47H,4-5,10-11,16-21,23H2,1-3H3,(H,40,44). The maximum atomic E-state index is 14.3. The number of nitrogens with zero attached hydrogens (tertiary/aromatic N) is 3. The third kappa shape index (κ3) is 4.75. The smallest absolute Gasteiger partial charge is 0.274 e. The fourth-order valence-corrected chi connectivity index (χ4v) is 10.1. The van der Waals surface area contributed by atoms with E-state index < -0.39 is 29.5 Å². The van der Waals surface area contributed by atoms with Crippen LogP contribution in [0.3, 0.4) is 0 Å². The van der Waals surface area contributed by atoms with Gasteiger partial charge in [0.05, 0.1) is 6.54 Å². The number of fused-ring (bicyclic) bond motifs is 5. The number of aromatic nitrogens is 1. The molecule has 4 fully saturated rings. The second-order valence-corrected chi connectivity index (χ2v) is 15.2. The summed E-state index contributed by atoms with van der Waals surface area (Å²) in [6.45, 7) is 7.46. The van der Waals surface area contributed by atoms with Crippen molar-refractivity contribution in [1.82, 2.24) is 19.7 Å². The van der Waals surface area contributed by atoms with Crippen molar-refractivity contribution >= 4 is 28.6 Å². The molecule has 3 aliphatic heterocycles. The zero-order valence-corrected chi connectivity index (χ0v) is 28.4. The molecule has 254 valence electrons. The maximum absolute atomic E-state index is 14.3. The Morgan fingerprint density at radius 1 is 1.08 bits per heavy atom. The first-order valence-corrected chi connectivity index (χ1v) is 18.2. The molecular weight excluding hydrogens is 604 g/mol. The van der Waals surface area contributed by atoms with Gasteiger partial charge in [0.15, 0.2) is 5.60 Å². The number of ether oxygens (including phenoxy) is 1. The minimum atomic E-state index is -1.95. The molecule has 8 unspecified atom stereocenters. The Labute approximate surface area is 282 Å². The lowest BCUT2D eigenvalue weighted by Crippen LogP contribution is -2.71. The van der Waals surface area contributed by atoms with Crippen molar-refractivity contribution in [1.29, 1.82) is 0 Å². The number of hydrogen-bond acceptors (Lipinski definition) is 5. The molecule has 5 aliphatic rings. The molecule has 9 nitrogen and oxygen atoms in total. The van der Waals surface area contributed by atoms with E-state index in [1.54, 1.807) is 11.8 Å². The number of aliphatic hydroxyl groups is 1. The topological polar surface area (TPSA) is 104 Å². The first-order chi connectivity index (χ1) is 23.2. The van der Waals surface area contributed by atoms with Gasteiger partial charge in [-0.3, -0.25) is 19.3 Å².